The molecule has 0 N–H and O–H groups in total. The quantitative estimate of drug-likeness (QED) is 0.561. The lowest BCUT2D eigenvalue weighted by molar-refractivity contribution is -0.143. The van der Waals surface area contributed by atoms with Crippen LogP contribution in [0.15, 0.2) is 0 Å². The summed E-state index contributed by atoms with van der Waals surface area (Å²) in [4.78, 5) is 0. The Labute approximate surface area is 69.6 Å². The molecule has 2 heterocycles. The van der Waals surface area contributed by atoms with Gasteiger partial charge in [0.05, 0.1) is 6.10 Å². The Hall–Kier alpha value is 0.137. The average Bonchev–Trinajstić information content (AvgIpc) is 2.03. The zero-order valence-corrected chi connectivity index (χ0v) is 8.01. The van der Waals surface area contributed by atoms with Crippen LogP contribution in [0.3, 0.4) is 0 Å². The second-order valence-electron chi connectivity index (χ2n) is 3.35. The van der Waals surface area contributed by atoms with E-state index in [0.717, 1.165) is 6.42 Å². The van der Waals surface area contributed by atoms with Crippen molar-refractivity contribution < 1.29 is 9.16 Å². The minimum absolute atomic E-state index is 0.142. The molecule has 0 aromatic heterocycles. The Bertz CT molecular complexity index is 128. The molecule has 2 atom stereocenters. The van der Waals surface area contributed by atoms with Crippen LogP contribution in [0, 0.1) is 0 Å². The molecule has 0 aromatic rings. The Morgan fingerprint density at radius 3 is 3.18 bits per heavy atom. The second kappa shape index (κ2) is 3.25. The highest BCUT2D eigenvalue weighted by molar-refractivity contribution is 6.52. The summed E-state index contributed by atoms with van der Waals surface area (Å²) < 4.78 is 11.5. The maximum Gasteiger partial charge on any atom is 0.217 e. The highest BCUT2D eigenvalue weighted by Gasteiger charge is 2.33. The van der Waals surface area contributed by atoms with E-state index >= 15 is 0 Å². The topological polar surface area (TPSA) is 18.5 Å². The fourth-order valence-electron chi connectivity index (χ4n) is 1.82. The van der Waals surface area contributed by atoms with Gasteiger partial charge in [-0.15, -0.1) is 0 Å². The summed E-state index contributed by atoms with van der Waals surface area (Å²) in [5, 5.41) is 0. The van der Waals surface area contributed by atoms with Crippen molar-refractivity contribution in [3.63, 3.8) is 0 Å². The number of hydrogen-bond acceptors (Lipinski definition) is 2. The Kier molecular flexibility index (Phi) is 2.30. The standard InChI is InChI=1S/C8H15O2Si/c1-2-8-9-7-4-3-5-11(6-7)10-8/h7-8H,2-6H2,1H3. The minimum Gasteiger partial charge on any atom is -0.392 e. The van der Waals surface area contributed by atoms with Gasteiger partial charge in [0.1, 0.15) is 6.29 Å². The van der Waals surface area contributed by atoms with E-state index in [9.17, 15) is 0 Å². The molecule has 2 rings (SSSR count). The third-order valence-corrected chi connectivity index (χ3v) is 4.83. The van der Waals surface area contributed by atoms with Crippen LogP contribution in [0.2, 0.25) is 12.1 Å². The normalized spacial score (nSPS) is 39.0. The highest BCUT2D eigenvalue weighted by Crippen LogP contribution is 2.30. The fraction of sp³-hybridized carbons (Fsp3) is 1.00. The smallest absolute Gasteiger partial charge is 0.217 e. The molecule has 3 heteroatoms. The summed E-state index contributed by atoms with van der Waals surface area (Å²) >= 11 is 0. The number of ether oxygens (including phenoxy) is 1. The van der Waals surface area contributed by atoms with E-state index in [2.05, 4.69) is 6.92 Å². The van der Waals surface area contributed by atoms with Crippen molar-refractivity contribution in [2.45, 2.75) is 50.7 Å². The fourth-order valence-corrected chi connectivity index (χ4v) is 4.23. The van der Waals surface area contributed by atoms with Crippen LogP contribution in [0.5, 0.6) is 0 Å². The van der Waals surface area contributed by atoms with Crippen molar-refractivity contribution in [1.29, 1.82) is 0 Å². The molecule has 2 saturated heterocycles. The van der Waals surface area contributed by atoms with E-state index < -0.39 is 9.04 Å². The first-order valence-corrected chi connectivity index (χ1v) is 6.37. The van der Waals surface area contributed by atoms with Crippen molar-refractivity contribution in [3.05, 3.63) is 0 Å². The van der Waals surface area contributed by atoms with Gasteiger partial charge in [-0.25, -0.2) is 0 Å². The predicted molar refractivity (Wildman–Crippen MR) is 44.6 cm³/mol. The van der Waals surface area contributed by atoms with E-state index in [0.29, 0.717) is 6.10 Å². The molecule has 0 aliphatic carbocycles. The maximum atomic E-state index is 5.79. The molecule has 0 aromatic carbocycles. The molecule has 11 heavy (non-hydrogen) atoms. The summed E-state index contributed by atoms with van der Waals surface area (Å²) in [6.45, 7) is 2.13. The predicted octanol–water partition coefficient (Wildman–Crippen LogP) is 1.92. The Morgan fingerprint density at radius 1 is 1.55 bits per heavy atom. The van der Waals surface area contributed by atoms with Gasteiger partial charge in [0.2, 0.25) is 9.04 Å². The van der Waals surface area contributed by atoms with Gasteiger partial charge in [-0.3, -0.25) is 0 Å². The summed E-state index contributed by atoms with van der Waals surface area (Å²) in [7, 11) is -0.435. The van der Waals surface area contributed by atoms with Crippen molar-refractivity contribution >= 4 is 9.04 Å². The number of rotatable bonds is 1. The van der Waals surface area contributed by atoms with E-state index in [4.69, 9.17) is 9.16 Å². The van der Waals surface area contributed by atoms with Gasteiger partial charge in [-0.1, -0.05) is 13.3 Å². The van der Waals surface area contributed by atoms with Gasteiger partial charge in [0.15, 0.2) is 0 Å². The zero-order chi connectivity index (χ0) is 7.68. The van der Waals surface area contributed by atoms with Crippen molar-refractivity contribution in [1.82, 2.24) is 0 Å². The summed E-state index contributed by atoms with van der Waals surface area (Å²) in [5.74, 6) is 0. The Morgan fingerprint density at radius 2 is 2.45 bits per heavy atom. The van der Waals surface area contributed by atoms with E-state index in [1.165, 1.54) is 24.9 Å². The monoisotopic (exact) mass is 171 g/mol. The SMILES string of the molecule is CCC1OC2CCC[Si](C2)O1. The van der Waals surface area contributed by atoms with E-state index in [1.54, 1.807) is 0 Å². The maximum absolute atomic E-state index is 5.79. The van der Waals surface area contributed by atoms with E-state index in [-0.39, 0.29) is 6.29 Å². The second-order valence-corrected chi connectivity index (χ2v) is 5.57. The first kappa shape index (κ1) is 7.77. The van der Waals surface area contributed by atoms with Crippen LogP contribution in [-0.4, -0.2) is 21.4 Å². The Balaban J connectivity index is 1.94. The third kappa shape index (κ3) is 1.66. The van der Waals surface area contributed by atoms with Crippen molar-refractivity contribution in [3.8, 4) is 0 Å². The van der Waals surface area contributed by atoms with Crippen molar-refractivity contribution in [2.75, 3.05) is 0 Å². The third-order valence-electron chi connectivity index (χ3n) is 2.41. The summed E-state index contributed by atoms with van der Waals surface area (Å²) in [6.07, 6.45) is 4.31. The molecular weight excluding hydrogens is 156 g/mol. The van der Waals surface area contributed by atoms with Crippen LogP contribution < -0.4 is 0 Å². The van der Waals surface area contributed by atoms with Gasteiger partial charge in [-0.05, 0) is 24.9 Å². The van der Waals surface area contributed by atoms with Crippen LogP contribution in [0.1, 0.15) is 26.2 Å². The van der Waals surface area contributed by atoms with E-state index in [1.807, 2.05) is 0 Å². The van der Waals surface area contributed by atoms with Crippen LogP contribution in [0.4, 0.5) is 0 Å². The molecule has 2 aliphatic rings. The lowest BCUT2D eigenvalue weighted by Crippen LogP contribution is -2.42. The molecule has 0 saturated carbocycles. The van der Waals surface area contributed by atoms with Crippen LogP contribution in [0.25, 0.3) is 0 Å². The number of hydrogen-bond donors (Lipinski definition) is 0. The minimum atomic E-state index is -0.435. The molecule has 0 spiro atoms. The van der Waals surface area contributed by atoms with Crippen LogP contribution in [-0.2, 0) is 9.16 Å². The first-order chi connectivity index (χ1) is 5.38. The lowest BCUT2D eigenvalue weighted by atomic mass is 10.2. The number of fused-ring (bicyclic) bond motifs is 2. The molecule has 63 valence electrons. The van der Waals surface area contributed by atoms with Gasteiger partial charge in [0.25, 0.3) is 0 Å². The highest BCUT2D eigenvalue weighted by atomic mass is 28.3. The van der Waals surface area contributed by atoms with Gasteiger partial charge < -0.3 is 9.16 Å². The molecular formula is C8H15O2Si. The molecule has 1 radical (unpaired) electrons. The molecule has 2 aliphatic heterocycles. The van der Waals surface area contributed by atoms with Gasteiger partial charge >= 0.3 is 0 Å². The molecule has 0 amide bonds. The molecule has 2 nitrogen and oxygen atoms in total. The van der Waals surface area contributed by atoms with Crippen LogP contribution >= 0.6 is 0 Å². The van der Waals surface area contributed by atoms with Gasteiger partial charge in [0, 0.05) is 0 Å². The summed E-state index contributed by atoms with van der Waals surface area (Å²) in [5.41, 5.74) is 0. The van der Waals surface area contributed by atoms with Crippen molar-refractivity contribution in [2.24, 2.45) is 0 Å². The largest absolute Gasteiger partial charge is 0.392 e. The zero-order valence-electron chi connectivity index (χ0n) is 7.01. The lowest BCUT2D eigenvalue weighted by Gasteiger charge is -2.37. The summed E-state index contributed by atoms with van der Waals surface area (Å²) in [6, 6.07) is 2.59. The average molecular weight is 171 g/mol. The molecule has 2 fully saturated rings. The molecule has 2 unspecified atom stereocenters. The first-order valence-electron chi connectivity index (χ1n) is 4.55. The molecule has 2 bridgehead atoms. The van der Waals surface area contributed by atoms with Gasteiger partial charge in [-0.2, -0.15) is 0 Å².